The van der Waals surface area contributed by atoms with Gasteiger partial charge in [-0.2, -0.15) is 0 Å². The third kappa shape index (κ3) is 3.43. The van der Waals surface area contributed by atoms with Gasteiger partial charge in [-0.15, -0.1) is 5.10 Å². The van der Waals surface area contributed by atoms with Gasteiger partial charge < -0.3 is 5.32 Å². The summed E-state index contributed by atoms with van der Waals surface area (Å²) in [6, 6.07) is 15.2. The van der Waals surface area contributed by atoms with Gasteiger partial charge in [-0.25, -0.2) is 0 Å². The van der Waals surface area contributed by atoms with Crippen molar-refractivity contribution in [3.05, 3.63) is 76.6 Å². The maximum atomic E-state index is 12.6. The van der Waals surface area contributed by atoms with Crippen molar-refractivity contribution < 1.29 is 4.79 Å². The molecule has 0 aliphatic carbocycles. The Morgan fingerprint density at radius 2 is 1.96 bits per heavy atom. The monoisotopic (exact) mass is 324 g/mol. The summed E-state index contributed by atoms with van der Waals surface area (Å²) in [5.41, 5.74) is 2.50. The first kappa shape index (κ1) is 15.3. The van der Waals surface area contributed by atoms with E-state index >= 15 is 0 Å². The smallest absolute Gasteiger partial charge is 0.265 e. The van der Waals surface area contributed by atoms with Gasteiger partial charge in [0.05, 0.1) is 17.4 Å². The number of rotatable bonds is 5. The summed E-state index contributed by atoms with van der Waals surface area (Å²) in [6.07, 6.45) is 2.40. The minimum Gasteiger partial charge on any atom is -0.339 e. The van der Waals surface area contributed by atoms with Gasteiger partial charge in [-0.05, 0) is 35.6 Å². The van der Waals surface area contributed by atoms with Crippen molar-refractivity contribution in [3.8, 4) is 0 Å². The second-order valence-electron chi connectivity index (χ2n) is 4.97. The molecule has 116 valence electrons. The van der Waals surface area contributed by atoms with Crippen molar-refractivity contribution in [2.24, 2.45) is 0 Å². The van der Waals surface area contributed by atoms with Crippen molar-refractivity contribution in [2.45, 2.75) is 19.4 Å². The fourth-order valence-corrected chi connectivity index (χ4v) is 2.98. The number of amides is 1. The molecule has 1 N–H and O–H groups in total. The molecule has 0 radical (unpaired) electrons. The lowest BCUT2D eigenvalue weighted by molar-refractivity contribution is 0.0945. The highest BCUT2D eigenvalue weighted by Gasteiger charge is 2.22. The zero-order chi connectivity index (χ0) is 16.1. The molecule has 5 nitrogen and oxygen atoms in total. The van der Waals surface area contributed by atoms with Crippen LogP contribution in [0.3, 0.4) is 0 Å². The summed E-state index contributed by atoms with van der Waals surface area (Å²) in [6.45, 7) is 1.96. The average molecular weight is 324 g/mol. The molecular formula is C17H16N4OS. The van der Waals surface area contributed by atoms with Crippen LogP contribution in [0.1, 0.15) is 39.6 Å². The fourth-order valence-electron chi connectivity index (χ4n) is 2.33. The van der Waals surface area contributed by atoms with Gasteiger partial charge in [0.15, 0.2) is 0 Å². The van der Waals surface area contributed by atoms with Crippen molar-refractivity contribution in [2.75, 3.05) is 0 Å². The number of aromatic nitrogens is 3. The van der Waals surface area contributed by atoms with Gasteiger partial charge in [-0.1, -0.05) is 47.8 Å². The summed E-state index contributed by atoms with van der Waals surface area (Å²) in [7, 11) is 0. The highest BCUT2D eigenvalue weighted by Crippen LogP contribution is 2.21. The predicted octanol–water partition coefficient (Wildman–Crippen LogP) is 3.01. The van der Waals surface area contributed by atoms with Gasteiger partial charge in [0, 0.05) is 6.20 Å². The molecular weight excluding hydrogens is 308 g/mol. The summed E-state index contributed by atoms with van der Waals surface area (Å²) in [5.74, 6) is -0.170. The highest BCUT2D eigenvalue weighted by atomic mass is 32.1. The van der Waals surface area contributed by atoms with Crippen LogP contribution in [0.4, 0.5) is 0 Å². The standard InChI is InChI=1S/C17H16N4OS/c1-2-13-16(23-21-20-13)17(22)19-15(12-8-4-3-5-9-12)14-10-6-7-11-18-14/h3-11,15H,2H2,1H3,(H,19,22). The van der Waals surface area contributed by atoms with E-state index in [1.165, 1.54) is 0 Å². The van der Waals surface area contributed by atoms with E-state index in [4.69, 9.17) is 0 Å². The lowest BCUT2D eigenvalue weighted by Crippen LogP contribution is -2.30. The van der Waals surface area contributed by atoms with E-state index in [2.05, 4.69) is 19.9 Å². The molecule has 2 aromatic heterocycles. The van der Waals surface area contributed by atoms with Crippen LogP contribution in [0.15, 0.2) is 54.7 Å². The number of carbonyl (C=O) groups excluding carboxylic acids is 1. The van der Waals surface area contributed by atoms with Crippen molar-refractivity contribution in [3.63, 3.8) is 0 Å². The first-order valence-corrected chi connectivity index (χ1v) is 8.15. The second-order valence-corrected chi connectivity index (χ2v) is 5.73. The SMILES string of the molecule is CCc1nnsc1C(=O)NC(c1ccccc1)c1ccccn1. The summed E-state index contributed by atoms with van der Waals surface area (Å²) >= 11 is 1.12. The number of aryl methyl sites for hydroxylation is 1. The molecule has 0 aliphatic rings. The Morgan fingerprint density at radius 3 is 2.65 bits per heavy atom. The van der Waals surface area contributed by atoms with Crippen LogP contribution < -0.4 is 5.32 Å². The van der Waals surface area contributed by atoms with Crippen LogP contribution in [0.5, 0.6) is 0 Å². The molecule has 23 heavy (non-hydrogen) atoms. The maximum Gasteiger partial charge on any atom is 0.265 e. The molecule has 3 aromatic rings. The Morgan fingerprint density at radius 1 is 1.17 bits per heavy atom. The summed E-state index contributed by atoms with van der Waals surface area (Å²) in [5, 5.41) is 7.06. The third-order valence-corrected chi connectivity index (χ3v) is 4.26. The van der Waals surface area contributed by atoms with Crippen LogP contribution in [0.2, 0.25) is 0 Å². The lowest BCUT2D eigenvalue weighted by Gasteiger charge is -2.18. The molecule has 1 amide bonds. The van der Waals surface area contributed by atoms with Crippen molar-refractivity contribution in [1.82, 2.24) is 19.9 Å². The maximum absolute atomic E-state index is 12.6. The fraction of sp³-hybridized carbons (Fsp3) is 0.176. The minimum atomic E-state index is -0.309. The minimum absolute atomic E-state index is 0.170. The topological polar surface area (TPSA) is 67.8 Å². The number of nitrogens with one attached hydrogen (secondary N) is 1. The molecule has 1 aromatic carbocycles. The Balaban J connectivity index is 1.92. The van der Waals surface area contributed by atoms with E-state index in [1.807, 2.05) is 55.5 Å². The molecule has 0 fully saturated rings. The predicted molar refractivity (Wildman–Crippen MR) is 89.3 cm³/mol. The third-order valence-electron chi connectivity index (χ3n) is 3.49. The molecule has 2 heterocycles. The molecule has 0 saturated heterocycles. The van der Waals surface area contributed by atoms with Gasteiger partial charge >= 0.3 is 0 Å². The van der Waals surface area contributed by atoms with Crippen LogP contribution in [-0.2, 0) is 6.42 Å². The lowest BCUT2D eigenvalue weighted by atomic mass is 10.0. The molecule has 1 atom stereocenters. The number of hydrogen-bond donors (Lipinski definition) is 1. The first-order chi connectivity index (χ1) is 11.3. The van der Waals surface area contributed by atoms with Crippen LogP contribution >= 0.6 is 11.5 Å². The molecule has 3 rings (SSSR count). The number of pyridine rings is 1. The molecule has 0 bridgehead atoms. The first-order valence-electron chi connectivity index (χ1n) is 7.37. The normalized spacial score (nSPS) is 11.9. The van der Waals surface area contributed by atoms with Crippen molar-refractivity contribution >= 4 is 17.4 Å². The van der Waals surface area contributed by atoms with E-state index in [0.717, 1.165) is 28.5 Å². The Bertz CT molecular complexity index is 734. The van der Waals surface area contributed by atoms with E-state index in [-0.39, 0.29) is 11.9 Å². The van der Waals surface area contributed by atoms with E-state index in [0.29, 0.717) is 11.3 Å². The molecule has 0 aliphatic heterocycles. The number of hydrogen-bond acceptors (Lipinski definition) is 5. The Hall–Kier alpha value is -2.60. The summed E-state index contributed by atoms with van der Waals surface area (Å²) in [4.78, 5) is 17.6. The zero-order valence-corrected chi connectivity index (χ0v) is 13.5. The van der Waals surface area contributed by atoms with Gasteiger partial charge in [-0.3, -0.25) is 9.78 Å². The highest BCUT2D eigenvalue weighted by molar-refractivity contribution is 7.08. The average Bonchev–Trinajstić information content (AvgIpc) is 3.10. The quantitative estimate of drug-likeness (QED) is 0.783. The number of benzene rings is 1. The van der Waals surface area contributed by atoms with Crippen LogP contribution in [-0.4, -0.2) is 20.5 Å². The van der Waals surface area contributed by atoms with Gasteiger partial charge in [0.1, 0.15) is 4.88 Å². The van der Waals surface area contributed by atoms with Gasteiger partial charge in [0.25, 0.3) is 5.91 Å². The molecule has 0 spiro atoms. The Kier molecular flexibility index (Phi) is 4.73. The second kappa shape index (κ2) is 7.11. The number of nitrogens with zero attached hydrogens (tertiary/aromatic N) is 3. The van der Waals surface area contributed by atoms with E-state index in [1.54, 1.807) is 6.20 Å². The van der Waals surface area contributed by atoms with E-state index < -0.39 is 0 Å². The van der Waals surface area contributed by atoms with Crippen LogP contribution in [0, 0.1) is 0 Å². The zero-order valence-electron chi connectivity index (χ0n) is 12.6. The Labute approximate surface area is 138 Å². The molecule has 1 unspecified atom stereocenters. The number of carbonyl (C=O) groups is 1. The summed E-state index contributed by atoms with van der Waals surface area (Å²) < 4.78 is 3.88. The molecule has 6 heteroatoms. The van der Waals surface area contributed by atoms with Crippen molar-refractivity contribution in [1.29, 1.82) is 0 Å². The molecule has 0 saturated carbocycles. The van der Waals surface area contributed by atoms with Gasteiger partial charge in [0.2, 0.25) is 0 Å². The van der Waals surface area contributed by atoms with Crippen LogP contribution in [0.25, 0.3) is 0 Å². The largest absolute Gasteiger partial charge is 0.339 e. The van der Waals surface area contributed by atoms with E-state index in [9.17, 15) is 4.79 Å².